The first-order chi connectivity index (χ1) is 10.6. The number of β-amino-alcohol motifs (C(OH)–C–C–N with tert-alkyl or cyclic N) is 1. The van der Waals surface area contributed by atoms with Gasteiger partial charge in [0.1, 0.15) is 0 Å². The highest BCUT2D eigenvalue weighted by Gasteiger charge is 2.32. The number of aromatic nitrogens is 2. The van der Waals surface area contributed by atoms with E-state index < -0.39 is 0 Å². The molecule has 0 unspecified atom stereocenters. The minimum atomic E-state index is -0.372. The van der Waals surface area contributed by atoms with Crippen molar-refractivity contribution in [2.75, 3.05) is 13.1 Å². The molecule has 0 radical (unpaired) electrons. The molecule has 1 aromatic heterocycles. The summed E-state index contributed by atoms with van der Waals surface area (Å²) in [7, 11) is 0. The fourth-order valence-corrected chi connectivity index (χ4v) is 3.40. The number of nitrogens with zero attached hydrogens (tertiary/aromatic N) is 3. The average Bonchev–Trinajstić information content (AvgIpc) is 2.84. The van der Waals surface area contributed by atoms with Crippen molar-refractivity contribution in [2.24, 2.45) is 5.92 Å². The van der Waals surface area contributed by atoms with Gasteiger partial charge in [0.25, 0.3) is 0 Å². The minimum absolute atomic E-state index is 0.151. The number of rotatable bonds is 4. The molecular weight excluding hydrogens is 321 g/mol. The van der Waals surface area contributed by atoms with Crippen LogP contribution in [0.5, 0.6) is 0 Å². The molecule has 2 heterocycles. The van der Waals surface area contributed by atoms with E-state index in [1.165, 1.54) is 0 Å². The monoisotopic (exact) mass is 337 g/mol. The third kappa shape index (κ3) is 3.58. The summed E-state index contributed by atoms with van der Waals surface area (Å²) in [5.74, 6) is 0.151. The molecular formula is C16H17Cl2N3O. The molecule has 0 aliphatic carbocycles. The Hall–Kier alpha value is -1.20. The van der Waals surface area contributed by atoms with Crippen molar-refractivity contribution < 1.29 is 5.11 Å². The van der Waals surface area contributed by atoms with Crippen molar-refractivity contribution in [3.63, 3.8) is 0 Å². The molecule has 116 valence electrons. The van der Waals surface area contributed by atoms with Gasteiger partial charge in [-0.15, -0.1) is 0 Å². The topological polar surface area (TPSA) is 49.2 Å². The van der Waals surface area contributed by atoms with E-state index >= 15 is 0 Å². The highest BCUT2D eigenvalue weighted by molar-refractivity contribution is 6.35. The second-order valence-corrected chi connectivity index (χ2v) is 6.44. The van der Waals surface area contributed by atoms with Crippen LogP contribution in [0.15, 0.2) is 36.8 Å². The van der Waals surface area contributed by atoms with Crippen LogP contribution in [-0.4, -0.2) is 39.2 Å². The lowest BCUT2D eigenvalue weighted by molar-refractivity contribution is 0.140. The molecule has 2 atom stereocenters. The highest BCUT2D eigenvalue weighted by Crippen LogP contribution is 2.28. The quantitative estimate of drug-likeness (QED) is 0.931. The van der Waals surface area contributed by atoms with Gasteiger partial charge in [-0.3, -0.25) is 14.9 Å². The summed E-state index contributed by atoms with van der Waals surface area (Å²) in [4.78, 5) is 10.5. The summed E-state index contributed by atoms with van der Waals surface area (Å²) in [6.07, 6.45) is 5.43. The number of benzene rings is 1. The molecule has 1 aliphatic heterocycles. The zero-order valence-corrected chi connectivity index (χ0v) is 13.5. The average molecular weight is 338 g/mol. The zero-order valence-electron chi connectivity index (χ0n) is 12.0. The van der Waals surface area contributed by atoms with E-state index in [0.29, 0.717) is 23.1 Å². The summed E-state index contributed by atoms with van der Waals surface area (Å²) in [5.41, 5.74) is 1.82. The molecule has 1 saturated heterocycles. The fraction of sp³-hybridized carbons (Fsp3) is 0.375. The largest absolute Gasteiger partial charge is 0.391 e. The van der Waals surface area contributed by atoms with E-state index in [1.807, 2.05) is 18.2 Å². The molecule has 1 N–H and O–H groups in total. The molecule has 6 heteroatoms. The molecule has 0 amide bonds. The molecule has 0 saturated carbocycles. The van der Waals surface area contributed by atoms with Crippen molar-refractivity contribution in [2.45, 2.75) is 19.1 Å². The first-order valence-corrected chi connectivity index (χ1v) is 7.97. The maximum absolute atomic E-state index is 10.3. The second kappa shape index (κ2) is 6.92. The maximum Gasteiger partial charge on any atom is 0.0711 e. The van der Waals surface area contributed by atoms with Crippen LogP contribution in [0.1, 0.15) is 11.3 Å². The highest BCUT2D eigenvalue weighted by atomic mass is 35.5. The third-order valence-corrected chi connectivity index (χ3v) is 4.72. The van der Waals surface area contributed by atoms with Crippen molar-refractivity contribution >= 4 is 23.2 Å². The summed E-state index contributed by atoms with van der Waals surface area (Å²) >= 11 is 12.4. The molecule has 0 spiro atoms. The molecule has 1 fully saturated rings. The Labute approximate surface area is 139 Å². The third-order valence-electron chi connectivity index (χ3n) is 4.01. The van der Waals surface area contributed by atoms with Gasteiger partial charge in [-0.1, -0.05) is 29.3 Å². The Bertz CT molecular complexity index is 618. The Morgan fingerprint density at radius 3 is 2.64 bits per heavy atom. The number of aliphatic hydroxyl groups excluding tert-OH is 1. The summed E-state index contributed by atoms with van der Waals surface area (Å²) in [5, 5.41) is 11.6. The van der Waals surface area contributed by atoms with Crippen molar-refractivity contribution in [1.29, 1.82) is 0 Å². The van der Waals surface area contributed by atoms with Gasteiger partial charge in [0.05, 0.1) is 11.8 Å². The van der Waals surface area contributed by atoms with Crippen LogP contribution in [0.25, 0.3) is 0 Å². The SMILES string of the molecule is O[C@@H]1CN(Cc2c(Cl)cccc2Cl)C[C@H]1Cc1cnccn1. The number of halogens is 2. The molecule has 1 aromatic carbocycles. The summed E-state index contributed by atoms with van der Waals surface area (Å²) in [6, 6.07) is 5.52. The second-order valence-electron chi connectivity index (χ2n) is 5.62. The number of hydrogen-bond donors (Lipinski definition) is 1. The summed E-state index contributed by atoms with van der Waals surface area (Å²) in [6.45, 7) is 2.05. The maximum atomic E-state index is 10.3. The van der Waals surface area contributed by atoms with E-state index in [4.69, 9.17) is 23.2 Å². The minimum Gasteiger partial charge on any atom is -0.391 e. The van der Waals surface area contributed by atoms with Crippen LogP contribution in [0, 0.1) is 5.92 Å². The van der Waals surface area contributed by atoms with Gasteiger partial charge in [-0.25, -0.2) is 0 Å². The number of hydrogen-bond acceptors (Lipinski definition) is 4. The normalized spacial score (nSPS) is 22.1. The van der Waals surface area contributed by atoms with Crippen LogP contribution in [0.3, 0.4) is 0 Å². The molecule has 1 aliphatic rings. The Morgan fingerprint density at radius 2 is 1.95 bits per heavy atom. The Morgan fingerprint density at radius 1 is 1.18 bits per heavy atom. The van der Waals surface area contributed by atoms with Crippen LogP contribution >= 0.6 is 23.2 Å². The smallest absolute Gasteiger partial charge is 0.0711 e. The van der Waals surface area contributed by atoms with Crippen molar-refractivity contribution in [3.8, 4) is 0 Å². The molecule has 22 heavy (non-hydrogen) atoms. The first-order valence-electron chi connectivity index (χ1n) is 7.21. The van der Waals surface area contributed by atoms with Gasteiger partial charge >= 0.3 is 0 Å². The van der Waals surface area contributed by atoms with Crippen LogP contribution in [0.2, 0.25) is 10.0 Å². The molecule has 3 rings (SSSR count). The number of likely N-dealkylation sites (tertiary alicyclic amines) is 1. The van der Waals surface area contributed by atoms with E-state index in [-0.39, 0.29) is 12.0 Å². The fourth-order valence-electron chi connectivity index (χ4n) is 2.88. The van der Waals surface area contributed by atoms with E-state index in [9.17, 15) is 5.11 Å². The lowest BCUT2D eigenvalue weighted by atomic mass is 10.0. The van der Waals surface area contributed by atoms with E-state index in [1.54, 1.807) is 18.6 Å². The van der Waals surface area contributed by atoms with Gasteiger partial charge in [0.15, 0.2) is 0 Å². The van der Waals surface area contributed by atoms with Gasteiger partial charge < -0.3 is 5.11 Å². The van der Waals surface area contributed by atoms with Crippen LogP contribution < -0.4 is 0 Å². The predicted molar refractivity (Wildman–Crippen MR) is 87.0 cm³/mol. The van der Waals surface area contributed by atoms with Gasteiger partial charge in [0, 0.05) is 59.8 Å². The zero-order chi connectivity index (χ0) is 15.5. The van der Waals surface area contributed by atoms with Crippen molar-refractivity contribution in [1.82, 2.24) is 14.9 Å². The van der Waals surface area contributed by atoms with Crippen LogP contribution in [-0.2, 0) is 13.0 Å². The first kappa shape index (κ1) is 15.7. The molecule has 4 nitrogen and oxygen atoms in total. The standard InChI is InChI=1S/C16H17Cl2N3O/c17-14-2-1-3-15(18)13(14)9-21-8-11(16(22)10-21)6-12-7-19-4-5-20-12/h1-5,7,11,16,22H,6,8-10H2/t11-,16-/m1/s1. The molecule has 0 bridgehead atoms. The van der Waals surface area contributed by atoms with Crippen molar-refractivity contribution in [3.05, 3.63) is 58.1 Å². The molecule has 2 aromatic rings. The number of aliphatic hydroxyl groups is 1. The van der Waals surface area contributed by atoms with E-state index in [2.05, 4.69) is 14.9 Å². The van der Waals surface area contributed by atoms with E-state index in [0.717, 1.165) is 24.2 Å². The summed E-state index contributed by atoms with van der Waals surface area (Å²) < 4.78 is 0. The predicted octanol–water partition coefficient (Wildman–Crippen LogP) is 2.82. The Balaban J connectivity index is 1.66. The van der Waals surface area contributed by atoms with Crippen LogP contribution in [0.4, 0.5) is 0 Å². The lowest BCUT2D eigenvalue weighted by Gasteiger charge is -2.17. The van der Waals surface area contributed by atoms with Gasteiger partial charge in [0.2, 0.25) is 0 Å². The Kier molecular flexibility index (Phi) is 4.93. The van der Waals surface area contributed by atoms with Gasteiger partial charge in [-0.2, -0.15) is 0 Å². The lowest BCUT2D eigenvalue weighted by Crippen LogP contribution is -2.21. The van der Waals surface area contributed by atoms with Gasteiger partial charge in [-0.05, 0) is 18.6 Å².